The van der Waals surface area contributed by atoms with Gasteiger partial charge in [0.1, 0.15) is 5.58 Å². The molecule has 3 rings (SSSR count). The lowest BCUT2D eigenvalue weighted by molar-refractivity contribution is 0.132. The Morgan fingerprint density at radius 1 is 1.21 bits per heavy atom. The van der Waals surface area contributed by atoms with Gasteiger partial charge in [-0.2, -0.15) is 0 Å². The molecule has 1 aromatic heterocycles. The number of benzene rings is 1. The maximum Gasteiger partial charge on any atom is 0.336 e. The third-order valence-electron chi connectivity index (χ3n) is 5.09. The van der Waals surface area contributed by atoms with Crippen LogP contribution in [0.25, 0.3) is 11.0 Å². The van der Waals surface area contributed by atoms with Crippen LogP contribution >= 0.6 is 0 Å². The molecular formula is C20H27NO3. The van der Waals surface area contributed by atoms with E-state index >= 15 is 0 Å². The second-order valence-electron chi connectivity index (χ2n) is 7.05. The molecular weight excluding hydrogens is 302 g/mol. The van der Waals surface area contributed by atoms with Gasteiger partial charge < -0.3 is 9.15 Å². The van der Waals surface area contributed by atoms with Crippen LogP contribution in [-0.4, -0.2) is 31.7 Å². The van der Waals surface area contributed by atoms with Gasteiger partial charge in [0, 0.05) is 31.7 Å². The Balaban J connectivity index is 1.77. The molecule has 4 nitrogen and oxygen atoms in total. The molecule has 0 atom stereocenters. The van der Waals surface area contributed by atoms with E-state index in [1.807, 2.05) is 6.92 Å². The summed E-state index contributed by atoms with van der Waals surface area (Å²) < 4.78 is 10.6. The average Bonchev–Trinajstić information content (AvgIpc) is 2.55. The third kappa shape index (κ3) is 3.87. The quantitative estimate of drug-likeness (QED) is 0.785. The molecule has 1 aliphatic heterocycles. The van der Waals surface area contributed by atoms with Crippen molar-refractivity contribution < 1.29 is 9.15 Å². The lowest BCUT2D eigenvalue weighted by atomic mass is 9.93. The van der Waals surface area contributed by atoms with Gasteiger partial charge in [0.25, 0.3) is 0 Å². The summed E-state index contributed by atoms with van der Waals surface area (Å²) in [5.74, 6) is 0.767. The zero-order chi connectivity index (χ0) is 17.1. The summed E-state index contributed by atoms with van der Waals surface area (Å²) >= 11 is 0. The first-order chi connectivity index (χ1) is 11.6. The number of fused-ring (bicyclic) bond motifs is 1. The minimum absolute atomic E-state index is 0.251. The second-order valence-corrected chi connectivity index (χ2v) is 7.05. The van der Waals surface area contributed by atoms with Gasteiger partial charge in [0.15, 0.2) is 0 Å². The van der Waals surface area contributed by atoms with Crippen LogP contribution < -0.4 is 5.63 Å². The second kappa shape index (κ2) is 7.49. The predicted octanol–water partition coefficient (Wildman–Crippen LogP) is 3.66. The van der Waals surface area contributed by atoms with Gasteiger partial charge in [-0.3, -0.25) is 4.90 Å². The number of nitrogens with zero attached hydrogens (tertiary/aromatic N) is 1. The first kappa shape index (κ1) is 17.2. The van der Waals surface area contributed by atoms with Crippen LogP contribution in [0.3, 0.4) is 0 Å². The van der Waals surface area contributed by atoms with E-state index in [0.29, 0.717) is 0 Å². The van der Waals surface area contributed by atoms with E-state index in [0.717, 1.165) is 60.7 Å². The number of hydrogen-bond donors (Lipinski definition) is 0. The van der Waals surface area contributed by atoms with E-state index in [1.54, 1.807) is 13.2 Å². The minimum atomic E-state index is -0.251. The summed E-state index contributed by atoms with van der Waals surface area (Å²) in [5.41, 5.74) is 3.80. The summed E-state index contributed by atoms with van der Waals surface area (Å²) in [6.45, 7) is 7.93. The molecule has 0 radical (unpaired) electrons. The van der Waals surface area contributed by atoms with Gasteiger partial charge in [-0.15, -0.1) is 0 Å². The molecule has 130 valence electrons. The fourth-order valence-corrected chi connectivity index (χ4v) is 3.77. The van der Waals surface area contributed by atoms with Gasteiger partial charge in [0.2, 0.25) is 0 Å². The number of aryl methyl sites for hydroxylation is 2. The third-order valence-corrected chi connectivity index (χ3v) is 5.09. The van der Waals surface area contributed by atoms with Gasteiger partial charge >= 0.3 is 5.63 Å². The zero-order valence-electron chi connectivity index (χ0n) is 14.9. The van der Waals surface area contributed by atoms with Gasteiger partial charge in [-0.25, -0.2) is 4.79 Å². The van der Waals surface area contributed by atoms with E-state index in [9.17, 15) is 4.79 Å². The summed E-state index contributed by atoms with van der Waals surface area (Å²) in [5, 5.41) is 1.08. The van der Waals surface area contributed by atoms with Crippen LogP contribution in [0.5, 0.6) is 0 Å². The van der Waals surface area contributed by atoms with Crippen molar-refractivity contribution >= 4 is 11.0 Å². The molecule has 0 aliphatic carbocycles. The number of piperidine rings is 1. The van der Waals surface area contributed by atoms with Gasteiger partial charge in [0.05, 0.1) is 0 Å². The molecule has 0 spiro atoms. The molecule has 0 amide bonds. The molecule has 1 saturated heterocycles. The number of likely N-dealkylation sites (tertiary alicyclic amines) is 1. The number of methoxy groups -OCH3 is 1. The Hall–Kier alpha value is -1.65. The Bertz CT molecular complexity index is 757. The van der Waals surface area contributed by atoms with Crippen molar-refractivity contribution in [3.63, 3.8) is 0 Å². The lowest BCUT2D eigenvalue weighted by Gasteiger charge is -2.32. The molecule has 1 aromatic carbocycles. The predicted molar refractivity (Wildman–Crippen MR) is 96.5 cm³/mol. The van der Waals surface area contributed by atoms with Crippen molar-refractivity contribution in [3.05, 3.63) is 45.3 Å². The van der Waals surface area contributed by atoms with Crippen LogP contribution in [0.4, 0.5) is 0 Å². The summed E-state index contributed by atoms with van der Waals surface area (Å²) in [6, 6.07) is 5.86. The molecule has 0 N–H and O–H groups in total. The highest BCUT2D eigenvalue weighted by atomic mass is 16.5. The molecule has 2 aromatic rings. The van der Waals surface area contributed by atoms with E-state index in [-0.39, 0.29) is 5.63 Å². The molecule has 0 unspecified atom stereocenters. The van der Waals surface area contributed by atoms with Crippen molar-refractivity contribution in [1.82, 2.24) is 4.90 Å². The monoisotopic (exact) mass is 329 g/mol. The number of ether oxygens (including phenoxy) is 1. The van der Waals surface area contributed by atoms with E-state index < -0.39 is 0 Å². The fourth-order valence-electron chi connectivity index (χ4n) is 3.77. The normalized spacial score (nSPS) is 16.8. The van der Waals surface area contributed by atoms with E-state index in [4.69, 9.17) is 9.15 Å². The van der Waals surface area contributed by atoms with Crippen molar-refractivity contribution in [2.75, 3.05) is 26.8 Å². The van der Waals surface area contributed by atoms with Crippen LogP contribution in [-0.2, 0) is 11.3 Å². The molecule has 1 aliphatic rings. The highest BCUT2D eigenvalue weighted by Gasteiger charge is 2.20. The van der Waals surface area contributed by atoms with Crippen LogP contribution in [0, 0.1) is 19.8 Å². The Kier molecular flexibility index (Phi) is 5.36. The summed E-state index contributed by atoms with van der Waals surface area (Å²) in [6.07, 6.45) is 3.57. The van der Waals surface area contributed by atoms with Crippen molar-refractivity contribution in [2.24, 2.45) is 5.92 Å². The molecule has 4 heteroatoms. The smallest absolute Gasteiger partial charge is 0.336 e. The number of rotatable bonds is 5. The molecule has 2 heterocycles. The Morgan fingerprint density at radius 2 is 1.96 bits per heavy atom. The average molecular weight is 329 g/mol. The van der Waals surface area contributed by atoms with E-state index in [1.165, 1.54) is 18.4 Å². The van der Waals surface area contributed by atoms with E-state index in [2.05, 4.69) is 24.0 Å². The van der Waals surface area contributed by atoms with Crippen molar-refractivity contribution in [3.8, 4) is 0 Å². The maximum atomic E-state index is 12.0. The SMILES string of the molecule is COCCC1CCN(Cc2cc(=O)oc3c(C)cc(C)cc23)CC1. The molecule has 24 heavy (non-hydrogen) atoms. The van der Waals surface area contributed by atoms with Gasteiger partial charge in [-0.1, -0.05) is 6.07 Å². The maximum absolute atomic E-state index is 12.0. The lowest BCUT2D eigenvalue weighted by Crippen LogP contribution is -2.33. The van der Waals surface area contributed by atoms with Crippen molar-refractivity contribution in [1.29, 1.82) is 0 Å². The zero-order valence-corrected chi connectivity index (χ0v) is 14.9. The Labute approximate surface area is 143 Å². The minimum Gasteiger partial charge on any atom is -0.422 e. The standard InChI is InChI=1S/C20H27NO3/c1-14-10-15(2)20-18(11-14)17(12-19(22)24-20)13-21-7-4-16(5-8-21)6-9-23-3/h10-12,16H,4-9,13H2,1-3H3. The molecule has 1 fully saturated rings. The van der Waals surface area contributed by atoms with Crippen LogP contribution in [0.2, 0.25) is 0 Å². The topological polar surface area (TPSA) is 42.7 Å². The first-order valence-electron chi connectivity index (χ1n) is 8.82. The Morgan fingerprint density at radius 3 is 2.67 bits per heavy atom. The highest BCUT2D eigenvalue weighted by molar-refractivity contribution is 5.83. The van der Waals surface area contributed by atoms with Crippen LogP contribution in [0.1, 0.15) is 36.0 Å². The van der Waals surface area contributed by atoms with Crippen LogP contribution in [0.15, 0.2) is 27.4 Å². The fraction of sp³-hybridized carbons (Fsp3) is 0.550. The molecule has 0 saturated carbocycles. The first-order valence-corrected chi connectivity index (χ1v) is 8.82. The van der Waals surface area contributed by atoms with Crippen molar-refractivity contribution in [2.45, 2.75) is 39.7 Å². The van der Waals surface area contributed by atoms with Gasteiger partial charge in [-0.05, 0) is 74.9 Å². The summed E-state index contributed by atoms with van der Waals surface area (Å²) in [4.78, 5) is 14.4. The highest BCUT2D eigenvalue weighted by Crippen LogP contribution is 2.26. The number of hydrogen-bond acceptors (Lipinski definition) is 4. The largest absolute Gasteiger partial charge is 0.422 e. The summed E-state index contributed by atoms with van der Waals surface area (Å²) in [7, 11) is 1.77. The molecule has 0 bridgehead atoms.